The third-order valence-electron chi connectivity index (χ3n) is 5.54. The first-order valence-electron chi connectivity index (χ1n) is 9.86. The molecule has 1 saturated carbocycles. The lowest BCUT2D eigenvalue weighted by atomic mass is 9.93. The highest BCUT2D eigenvalue weighted by atomic mass is 19.2. The number of carbonyl (C=O) groups is 2. The number of aliphatic hydroxyl groups is 1. The summed E-state index contributed by atoms with van der Waals surface area (Å²) in [6, 6.07) is 0. The summed E-state index contributed by atoms with van der Waals surface area (Å²) < 4.78 is 143. The van der Waals surface area contributed by atoms with Crippen LogP contribution in [-0.4, -0.2) is 23.7 Å². The zero-order valence-electron chi connectivity index (χ0n) is 17.4. The smallest absolute Gasteiger partial charge is 0.314 e. The van der Waals surface area contributed by atoms with Crippen molar-refractivity contribution in [2.24, 2.45) is 17.8 Å². The van der Waals surface area contributed by atoms with Gasteiger partial charge in [-0.1, -0.05) is 0 Å². The first-order chi connectivity index (χ1) is 16.8. The van der Waals surface area contributed by atoms with E-state index in [1.54, 1.807) is 0 Å². The van der Waals surface area contributed by atoms with Crippen molar-refractivity contribution in [3.63, 3.8) is 0 Å². The molecule has 15 heteroatoms. The van der Waals surface area contributed by atoms with Gasteiger partial charge in [-0.2, -0.15) is 17.6 Å². The number of carbonyl (C=O) groups excluding carboxylic acids is 2. The first kappa shape index (κ1) is 27.2. The Kier molecular flexibility index (Phi) is 7.81. The molecule has 2 aromatic rings. The second kappa shape index (κ2) is 10.3. The van der Waals surface area contributed by atoms with E-state index in [4.69, 9.17) is 0 Å². The van der Waals surface area contributed by atoms with Gasteiger partial charge in [0.15, 0.2) is 0 Å². The highest BCUT2D eigenvalue weighted by Gasteiger charge is 2.42. The summed E-state index contributed by atoms with van der Waals surface area (Å²) in [4.78, 5) is 24.7. The third-order valence-corrected chi connectivity index (χ3v) is 5.54. The molecular formula is C21H12F10O5. The highest BCUT2D eigenvalue weighted by Crippen LogP contribution is 2.41. The van der Waals surface area contributed by atoms with E-state index in [1.165, 1.54) is 0 Å². The van der Waals surface area contributed by atoms with Gasteiger partial charge >= 0.3 is 11.9 Å². The zero-order valence-corrected chi connectivity index (χ0v) is 17.4. The van der Waals surface area contributed by atoms with Gasteiger partial charge in [-0.3, -0.25) is 9.59 Å². The summed E-state index contributed by atoms with van der Waals surface area (Å²) >= 11 is 0. The average Bonchev–Trinajstić information content (AvgIpc) is 3.27. The summed E-state index contributed by atoms with van der Waals surface area (Å²) in [5.41, 5.74) is 0. The predicted octanol–water partition coefficient (Wildman–Crippen LogP) is 4.61. The maximum absolute atomic E-state index is 13.8. The molecule has 1 fully saturated rings. The molecule has 0 radical (unpaired) electrons. The van der Waals surface area contributed by atoms with Gasteiger partial charge in [0.05, 0.1) is 5.92 Å². The van der Waals surface area contributed by atoms with Gasteiger partial charge in [-0.15, -0.1) is 0 Å². The lowest BCUT2D eigenvalue weighted by molar-refractivity contribution is -0.142. The van der Waals surface area contributed by atoms with Crippen LogP contribution >= 0.6 is 0 Å². The van der Waals surface area contributed by atoms with Crippen molar-refractivity contribution in [2.45, 2.75) is 19.3 Å². The van der Waals surface area contributed by atoms with Gasteiger partial charge in [0.1, 0.15) is 0 Å². The zero-order chi connectivity index (χ0) is 27.1. The second-order valence-corrected chi connectivity index (χ2v) is 7.78. The van der Waals surface area contributed by atoms with Crippen molar-refractivity contribution >= 4 is 11.9 Å². The fraction of sp³-hybridized carbons (Fsp3) is 0.333. The van der Waals surface area contributed by atoms with Gasteiger partial charge in [0, 0.05) is 13.0 Å². The monoisotopic (exact) mass is 534 g/mol. The summed E-state index contributed by atoms with van der Waals surface area (Å²) in [5, 5.41) is 9.35. The molecule has 0 spiro atoms. The van der Waals surface area contributed by atoms with Crippen molar-refractivity contribution in [2.75, 3.05) is 6.61 Å². The number of esters is 2. The minimum atomic E-state index is -2.51. The summed E-state index contributed by atoms with van der Waals surface area (Å²) in [7, 11) is 0. The Bertz CT molecular complexity index is 1180. The van der Waals surface area contributed by atoms with Gasteiger partial charge in [0.25, 0.3) is 0 Å². The Labute approximate surface area is 194 Å². The Morgan fingerprint density at radius 3 is 1.44 bits per heavy atom. The summed E-state index contributed by atoms with van der Waals surface area (Å²) in [5.74, 6) is -35.0. The Balaban J connectivity index is 1.82. The average molecular weight is 534 g/mol. The number of hydrogen-bond acceptors (Lipinski definition) is 5. The maximum Gasteiger partial charge on any atom is 0.314 e. The summed E-state index contributed by atoms with van der Waals surface area (Å²) in [6.07, 6.45) is -1.46. The van der Waals surface area contributed by atoms with Crippen LogP contribution in [0.15, 0.2) is 0 Å². The van der Waals surface area contributed by atoms with Gasteiger partial charge in [-0.05, 0) is 24.7 Å². The Morgan fingerprint density at radius 2 is 1.03 bits per heavy atom. The van der Waals surface area contributed by atoms with Crippen molar-refractivity contribution < 1.29 is 68.1 Å². The van der Waals surface area contributed by atoms with Crippen LogP contribution in [0.2, 0.25) is 0 Å². The fourth-order valence-electron chi connectivity index (χ4n) is 3.80. The number of rotatable bonds is 6. The van der Waals surface area contributed by atoms with E-state index in [-0.39, 0.29) is 12.8 Å². The topological polar surface area (TPSA) is 72.8 Å². The fourth-order valence-corrected chi connectivity index (χ4v) is 3.80. The minimum absolute atomic E-state index is 0.195. The third kappa shape index (κ3) is 4.83. The summed E-state index contributed by atoms with van der Waals surface area (Å²) in [6.45, 7) is -0.588. The molecule has 3 rings (SSSR count). The first-order valence-corrected chi connectivity index (χ1v) is 9.86. The largest absolute Gasteiger partial charge is 0.420 e. The lowest BCUT2D eigenvalue weighted by Gasteiger charge is -2.18. The molecule has 0 heterocycles. The molecule has 36 heavy (non-hydrogen) atoms. The van der Waals surface area contributed by atoms with Crippen molar-refractivity contribution in [3.8, 4) is 11.5 Å². The molecule has 0 bridgehead atoms. The molecule has 1 aliphatic carbocycles. The molecule has 0 amide bonds. The molecule has 5 nitrogen and oxygen atoms in total. The van der Waals surface area contributed by atoms with E-state index in [1.807, 2.05) is 0 Å². The number of halogens is 10. The minimum Gasteiger partial charge on any atom is -0.420 e. The molecular weight excluding hydrogens is 522 g/mol. The van der Waals surface area contributed by atoms with Gasteiger partial charge < -0.3 is 14.6 Å². The van der Waals surface area contributed by atoms with Crippen molar-refractivity contribution in [1.82, 2.24) is 0 Å². The van der Waals surface area contributed by atoms with E-state index >= 15 is 0 Å². The van der Waals surface area contributed by atoms with Gasteiger partial charge in [-0.25, -0.2) is 26.3 Å². The van der Waals surface area contributed by atoms with Gasteiger partial charge in [0.2, 0.25) is 69.7 Å². The Morgan fingerprint density at radius 1 is 0.639 bits per heavy atom. The van der Waals surface area contributed by atoms with Crippen LogP contribution in [0.4, 0.5) is 43.9 Å². The molecule has 3 atom stereocenters. The van der Waals surface area contributed by atoms with Crippen molar-refractivity contribution in [1.29, 1.82) is 0 Å². The van der Waals surface area contributed by atoms with Crippen LogP contribution in [-0.2, 0) is 9.59 Å². The number of ether oxygens (including phenoxy) is 2. The number of aliphatic hydroxyl groups excluding tert-OH is 1. The predicted molar refractivity (Wildman–Crippen MR) is 95.1 cm³/mol. The molecule has 0 saturated heterocycles. The van der Waals surface area contributed by atoms with Crippen LogP contribution < -0.4 is 9.47 Å². The molecule has 0 aromatic heterocycles. The van der Waals surface area contributed by atoms with E-state index in [2.05, 4.69) is 9.47 Å². The van der Waals surface area contributed by atoms with Crippen LogP contribution in [0.3, 0.4) is 0 Å². The van der Waals surface area contributed by atoms with Crippen LogP contribution in [0.1, 0.15) is 19.3 Å². The number of hydrogen-bond donors (Lipinski definition) is 1. The van der Waals surface area contributed by atoms with E-state index in [0.29, 0.717) is 0 Å². The standard InChI is InChI=1S/C21H12F10O5/c22-9-11(24)15(28)19(16(29)12(9)25)35-8(33)3-6-1-5(4-32)2-7(6)21(34)36-20-17(30)13(26)10(23)14(27)18(20)31/h5-7,32H,1-4H2/t5?,6-,7+/m1/s1. The van der Waals surface area contributed by atoms with Crippen LogP contribution in [0.5, 0.6) is 11.5 Å². The molecule has 1 aliphatic rings. The van der Waals surface area contributed by atoms with E-state index < -0.39 is 112 Å². The van der Waals surface area contributed by atoms with E-state index in [9.17, 15) is 58.6 Å². The van der Waals surface area contributed by atoms with Crippen LogP contribution in [0.25, 0.3) is 0 Å². The van der Waals surface area contributed by atoms with Crippen molar-refractivity contribution in [3.05, 3.63) is 58.2 Å². The van der Waals surface area contributed by atoms with E-state index in [0.717, 1.165) is 0 Å². The molecule has 0 aliphatic heterocycles. The normalized spacial score (nSPS) is 19.5. The molecule has 1 unspecified atom stereocenters. The quantitative estimate of drug-likeness (QED) is 0.193. The lowest BCUT2D eigenvalue weighted by Crippen LogP contribution is -2.28. The molecule has 1 N–H and O–H groups in total. The molecule has 2 aromatic carbocycles. The molecule has 196 valence electrons. The highest BCUT2D eigenvalue weighted by molar-refractivity contribution is 5.78. The second-order valence-electron chi connectivity index (χ2n) is 7.78. The van der Waals surface area contributed by atoms with Crippen LogP contribution in [0, 0.1) is 75.9 Å². The SMILES string of the molecule is O=C(C[C@H]1CC(CO)C[C@@H]1C(=O)Oc1c(F)c(F)c(F)c(F)c1F)Oc1c(F)c(F)c(F)c(F)c1F. The number of benzene rings is 2. The Hall–Kier alpha value is -3.36. The maximum atomic E-state index is 13.8.